The Balaban J connectivity index is 1.79. The van der Waals surface area contributed by atoms with Crippen LogP contribution in [0.25, 0.3) is 0 Å². The molecular weight excluding hydrogens is 254 g/mol. The molecule has 1 aliphatic carbocycles. The van der Waals surface area contributed by atoms with Crippen LogP contribution in [-0.2, 0) is 9.53 Å². The van der Waals surface area contributed by atoms with Gasteiger partial charge in [-0.1, -0.05) is 0 Å². The number of carbonyl (C=O) groups excluding carboxylic acids is 1. The van der Waals surface area contributed by atoms with Crippen LogP contribution < -0.4 is 5.32 Å². The van der Waals surface area contributed by atoms with Gasteiger partial charge in [0.05, 0.1) is 6.42 Å². The number of esters is 1. The second-order valence-corrected chi connectivity index (χ2v) is 5.67. The third-order valence-electron chi connectivity index (χ3n) is 4.28. The van der Waals surface area contributed by atoms with Gasteiger partial charge in [0.2, 0.25) is 0 Å². The molecule has 0 amide bonds. The molecule has 1 aliphatic heterocycles. The van der Waals surface area contributed by atoms with Crippen molar-refractivity contribution in [2.45, 2.75) is 56.2 Å². The summed E-state index contributed by atoms with van der Waals surface area (Å²) in [6, 6.07) is 0.968. The quantitative estimate of drug-likeness (QED) is 0.788. The van der Waals surface area contributed by atoms with E-state index < -0.39 is 24.4 Å². The minimum atomic E-state index is -3.30. The molecule has 1 saturated carbocycles. The molecule has 19 heavy (non-hydrogen) atoms. The van der Waals surface area contributed by atoms with Gasteiger partial charge in [-0.2, -0.15) is 8.78 Å². The summed E-state index contributed by atoms with van der Waals surface area (Å²) < 4.78 is 30.9. The smallest absolute Gasteiger partial charge is 0.377 e. The van der Waals surface area contributed by atoms with Gasteiger partial charge < -0.3 is 10.1 Å². The Morgan fingerprint density at radius 1 is 1.37 bits per heavy atom. The molecule has 0 spiro atoms. The van der Waals surface area contributed by atoms with E-state index in [0.29, 0.717) is 18.6 Å². The maximum atomic E-state index is 13.1. The lowest BCUT2D eigenvalue weighted by atomic mass is 9.90. The molecule has 2 rings (SSSR count). The average Bonchev–Trinajstić information content (AvgIpc) is 2.62. The lowest BCUT2D eigenvalue weighted by Crippen LogP contribution is -2.42. The van der Waals surface area contributed by atoms with E-state index in [-0.39, 0.29) is 0 Å². The zero-order chi connectivity index (χ0) is 14.0. The molecule has 1 unspecified atom stereocenters. The minimum absolute atomic E-state index is 0.399. The van der Waals surface area contributed by atoms with Crippen LogP contribution in [0, 0.1) is 0 Å². The molecule has 0 aromatic carbocycles. The van der Waals surface area contributed by atoms with E-state index >= 15 is 0 Å². The fourth-order valence-corrected chi connectivity index (χ4v) is 3.03. The minimum Gasteiger partial charge on any atom is -0.456 e. The van der Waals surface area contributed by atoms with Gasteiger partial charge in [0.1, 0.15) is 6.10 Å². The van der Waals surface area contributed by atoms with Crippen molar-refractivity contribution in [3.63, 3.8) is 0 Å². The van der Waals surface area contributed by atoms with Crippen LogP contribution in [0.1, 0.15) is 32.1 Å². The van der Waals surface area contributed by atoms with Gasteiger partial charge in [0, 0.05) is 18.6 Å². The SMILES string of the molecule is CNC1CCC(N(C)CC2CC(F)(F)C(=O)O2)CC1. The van der Waals surface area contributed by atoms with Crippen LogP contribution in [0.3, 0.4) is 0 Å². The first-order chi connectivity index (χ1) is 8.92. The number of hydrogen-bond donors (Lipinski definition) is 1. The molecule has 6 heteroatoms. The van der Waals surface area contributed by atoms with Crippen molar-refractivity contribution in [2.75, 3.05) is 20.6 Å². The van der Waals surface area contributed by atoms with Crippen LogP contribution in [0.4, 0.5) is 8.78 Å². The Bertz CT molecular complexity index is 331. The molecule has 0 aromatic heterocycles. The van der Waals surface area contributed by atoms with Crippen LogP contribution in [-0.4, -0.2) is 55.6 Å². The van der Waals surface area contributed by atoms with Gasteiger partial charge in [-0.15, -0.1) is 0 Å². The average molecular weight is 276 g/mol. The summed E-state index contributed by atoms with van der Waals surface area (Å²) in [4.78, 5) is 13.0. The Morgan fingerprint density at radius 3 is 2.47 bits per heavy atom. The monoisotopic (exact) mass is 276 g/mol. The number of alkyl halides is 2. The van der Waals surface area contributed by atoms with Crippen molar-refractivity contribution in [1.82, 2.24) is 10.2 Å². The molecule has 2 aliphatic rings. The second-order valence-electron chi connectivity index (χ2n) is 5.67. The van der Waals surface area contributed by atoms with Crippen LogP contribution >= 0.6 is 0 Å². The molecule has 0 aromatic rings. The van der Waals surface area contributed by atoms with E-state index in [4.69, 9.17) is 4.74 Å². The summed E-state index contributed by atoms with van der Waals surface area (Å²) in [6.45, 7) is 0.399. The summed E-state index contributed by atoms with van der Waals surface area (Å²) in [5.41, 5.74) is 0. The summed E-state index contributed by atoms with van der Waals surface area (Å²) >= 11 is 0. The van der Waals surface area contributed by atoms with Crippen molar-refractivity contribution in [2.24, 2.45) is 0 Å². The van der Waals surface area contributed by atoms with Crippen LogP contribution in [0.5, 0.6) is 0 Å². The predicted octanol–water partition coefficient (Wildman–Crippen LogP) is 1.40. The van der Waals surface area contributed by atoms with Crippen molar-refractivity contribution in [3.05, 3.63) is 0 Å². The zero-order valence-corrected chi connectivity index (χ0v) is 11.5. The molecule has 4 nitrogen and oxygen atoms in total. The first kappa shape index (κ1) is 14.7. The Morgan fingerprint density at radius 2 is 2.00 bits per heavy atom. The Kier molecular flexibility index (Phi) is 4.40. The molecule has 1 heterocycles. The number of ether oxygens (including phenoxy) is 1. The number of carbonyl (C=O) groups is 1. The first-order valence-electron chi connectivity index (χ1n) is 6.89. The number of rotatable bonds is 4. The molecule has 0 bridgehead atoms. The number of cyclic esters (lactones) is 1. The Labute approximate surface area is 112 Å². The van der Waals surface area contributed by atoms with Gasteiger partial charge in [-0.3, -0.25) is 4.90 Å². The molecule has 2 fully saturated rings. The molecule has 1 atom stereocenters. The first-order valence-corrected chi connectivity index (χ1v) is 6.89. The number of halogens is 2. The van der Waals surface area contributed by atoms with Crippen LogP contribution in [0.15, 0.2) is 0 Å². The van der Waals surface area contributed by atoms with E-state index in [1.54, 1.807) is 0 Å². The topological polar surface area (TPSA) is 41.6 Å². The van der Waals surface area contributed by atoms with Gasteiger partial charge in [-0.25, -0.2) is 4.79 Å². The third kappa shape index (κ3) is 3.42. The van der Waals surface area contributed by atoms with E-state index in [2.05, 4.69) is 10.2 Å². The lowest BCUT2D eigenvalue weighted by molar-refractivity contribution is -0.159. The number of nitrogens with zero attached hydrogens (tertiary/aromatic N) is 1. The van der Waals surface area contributed by atoms with Gasteiger partial charge in [-0.05, 0) is 39.8 Å². The van der Waals surface area contributed by atoms with Gasteiger partial charge in [0.15, 0.2) is 0 Å². The Hall–Kier alpha value is -0.750. The van der Waals surface area contributed by atoms with Gasteiger partial charge >= 0.3 is 11.9 Å². The highest BCUT2D eigenvalue weighted by molar-refractivity contribution is 5.79. The fraction of sp³-hybridized carbons (Fsp3) is 0.923. The summed E-state index contributed by atoms with van der Waals surface area (Å²) in [5.74, 6) is -4.67. The largest absolute Gasteiger partial charge is 0.456 e. The van der Waals surface area contributed by atoms with Crippen molar-refractivity contribution < 1.29 is 18.3 Å². The number of likely N-dealkylation sites (N-methyl/N-ethyl adjacent to an activating group) is 1. The summed E-state index contributed by atoms with van der Waals surface area (Å²) in [5, 5.41) is 3.27. The number of hydrogen-bond acceptors (Lipinski definition) is 4. The van der Waals surface area contributed by atoms with E-state index in [1.807, 2.05) is 14.1 Å². The van der Waals surface area contributed by atoms with Crippen LogP contribution in [0.2, 0.25) is 0 Å². The highest BCUT2D eigenvalue weighted by Crippen LogP contribution is 2.32. The summed E-state index contributed by atoms with van der Waals surface area (Å²) in [6.07, 6.45) is 3.16. The highest BCUT2D eigenvalue weighted by atomic mass is 19.3. The van der Waals surface area contributed by atoms with Crippen molar-refractivity contribution in [1.29, 1.82) is 0 Å². The second kappa shape index (κ2) is 5.71. The molecule has 1 N–H and O–H groups in total. The predicted molar refractivity (Wildman–Crippen MR) is 67.2 cm³/mol. The number of nitrogens with one attached hydrogen (secondary N) is 1. The maximum absolute atomic E-state index is 13.1. The van der Waals surface area contributed by atoms with E-state index in [0.717, 1.165) is 25.7 Å². The molecule has 1 saturated heterocycles. The maximum Gasteiger partial charge on any atom is 0.377 e. The standard InChI is InChI=1S/C13H22F2N2O2/c1-16-9-3-5-10(6-4-9)17(2)8-11-7-13(14,15)12(18)19-11/h9-11,16H,3-8H2,1-2H3. The zero-order valence-electron chi connectivity index (χ0n) is 11.5. The van der Waals surface area contributed by atoms with Gasteiger partial charge in [0.25, 0.3) is 0 Å². The fourth-order valence-electron chi connectivity index (χ4n) is 3.03. The normalized spacial score (nSPS) is 34.6. The van der Waals surface area contributed by atoms with Crippen molar-refractivity contribution in [3.8, 4) is 0 Å². The van der Waals surface area contributed by atoms with Crippen molar-refractivity contribution >= 4 is 5.97 Å². The molecule has 0 radical (unpaired) electrons. The van der Waals surface area contributed by atoms with E-state index in [1.165, 1.54) is 0 Å². The summed E-state index contributed by atoms with van der Waals surface area (Å²) in [7, 11) is 3.89. The molecular formula is C13H22F2N2O2. The third-order valence-corrected chi connectivity index (χ3v) is 4.28. The lowest BCUT2D eigenvalue weighted by Gasteiger charge is -2.35. The van der Waals surface area contributed by atoms with E-state index in [9.17, 15) is 13.6 Å². The highest BCUT2D eigenvalue weighted by Gasteiger charge is 2.51. The molecule has 110 valence electrons.